The van der Waals surface area contributed by atoms with Gasteiger partial charge in [0, 0.05) is 22.0 Å². The molecule has 1 aliphatic rings. The Morgan fingerprint density at radius 3 is 2.67 bits per heavy atom. The van der Waals surface area contributed by atoms with E-state index in [1.165, 1.54) is 0 Å². The van der Waals surface area contributed by atoms with E-state index in [-0.39, 0.29) is 5.92 Å². The summed E-state index contributed by atoms with van der Waals surface area (Å²) in [5, 5.41) is 0.804. The van der Waals surface area contributed by atoms with E-state index in [9.17, 15) is 4.79 Å². The number of rotatable bonds is 3. The molecular weight excluding hydrogens is 314 g/mol. The van der Waals surface area contributed by atoms with Crippen LogP contribution in [0.1, 0.15) is 25.3 Å². The maximum Gasteiger partial charge on any atom is 0.133 e. The molecule has 2 rings (SSSR count). The Morgan fingerprint density at radius 1 is 1.44 bits per heavy atom. The van der Waals surface area contributed by atoms with Crippen molar-refractivity contribution in [2.45, 2.75) is 26.3 Å². The smallest absolute Gasteiger partial charge is 0.133 e. The molecule has 1 fully saturated rings. The van der Waals surface area contributed by atoms with Gasteiger partial charge in [0.05, 0.1) is 0 Å². The number of halogens is 2. The van der Waals surface area contributed by atoms with Crippen molar-refractivity contribution in [3.05, 3.63) is 33.3 Å². The summed E-state index contributed by atoms with van der Waals surface area (Å²) in [6, 6.07) is 6.01. The van der Waals surface area contributed by atoms with Crippen LogP contribution in [0.3, 0.4) is 0 Å². The van der Waals surface area contributed by atoms with E-state index in [0.717, 1.165) is 47.5 Å². The van der Waals surface area contributed by atoms with Gasteiger partial charge in [-0.25, -0.2) is 0 Å². The molecule has 0 N–H and O–H groups in total. The minimum atomic E-state index is 0.265. The predicted molar refractivity (Wildman–Crippen MR) is 77.8 cm³/mol. The quantitative estimate of drug-likeness (QED) is 0.837. The van der Waals surface area contributed by atoms with E-state index in [1.54, 1.807) is 6.92 Å². The molecule has 0 spiro atoms. The van der Waals surface area contributed by atoms with Crippen LogP contribution in [-0.2, 0) is 11.3 Å². The van der Waals surface area contributed by atoms with Gasteiger partial charge in [-0.3, -0.25) is 9.69 Å². The molecule has 0 amide bonds. The van der Waals surface area contributed by atoms with Crippen molar-refractivity contribution in [2.75, 3.05) is 13.1 Å². The monoisotopic (exact) mass is 329 g/mol. The summed E-state index contributed by atoms with van der Waals surface area (Å²) < 4.78 is 1.01. The van der Waals surface area contributed by atoms with E-state index in [0.29, 0.717) is 5.78 Å². The first-order valence-electron chi connectivity index (χ1n) is 6.23. The normalized spacial score (nSPS) is 17.9. The number of ketones is 1. The van der Waals surface area contributed by atoms with Gasteiger partial charge in [-0.15, -0.1) is 0 Å². The van der Waals surface area contributed by atoms with Crippen LogP contribution < -0.4 is 0 Å². The van der Waals surface area contributed by atoms with Crippen molar-refractivity contribution in [2.24, 2.45) is 5.92 Å². The lowest BCUT2D eigenvalue weighted by atomic mass is 9.93. The fraction of sp³-hybridized carbons (Fsp3) is 0.500. The Balaban J connectivity index is 1.93. The Hall–Kier alpha value is -0.380. The van der Waals surface area contributed by atoms with Crippen molar-refractivity contribution < 1.29 is 4.79 Å². The van der Waals surface area contributed by atoms with Gasteiger partial charge in [0.15, 0.2) is 0 Å². The number of Topliss-reactive ketones (excluding diaryl/α,β-unsaturated/α-hetero) is 1. The first kappa shape index (κ1) is 14.0. The van der Waals surface area contributed by atoms with Crippen molar-refractivity contribution in [3.8, 4) is 0 Å². The number of piperidine rings is 1. The molecule has 0 aromatic heterocycles. The van der Waals surface area contributed by atoms with Gasteiger partial charge < -0.3 is 0 Å². The zero-order valence-electron chi connectivity index (χ0n) is 10.5. The Labute approximate surface area is 121 Å². The largest absolute Gasteiger partial charge is 0.300 e. The van der Waals surface area contributed by atoms with Crippen LogP contribution in [0.5, 0.6) is 0 Å². The maximum atomic E-state index is 11.3. The van der Waals surface area contributed by atoms with Crippen LogP contribution >= 0.6 is 27.5 Å². The molecular formula is C14H17BrClNO. The number of benzene rings is 1. The number of likely N-dealkylation sites (tertiary alicyclic amines) is 1. The molecule has 1 aromatic rings. The van der Waals surface area contributed by atoms with Crippen LogP contribution in [-0.4, -0.2) is 23.8 Å². The molecule has 1 aliphatic heterocycles. The molecule has 1 saturated heterocycles. The molecule has 1 heterocycles. The number of carbonyl (C=O) groups excluding carboxylic acids is 1. The summed E-state index contributed by atoms with van der Waals surface area (Å²) in [5.41, 5.74) is 1.15. The first-order valence-corrected chi connectivity index (χ1v) is 7.40. The lowest BCUT2D eigenvalue weighted by Gasteiger charge is -2.31. The summed E-state index contributed by atoms with van der Waals surface area (Å²) in [5.74, 6) is 0.595. The SMILES string of the molecule is CC(=O)C1CCN(Cc2ccc(Br)cc2Cl)CC1. The van der Waals surface area contributed by atoms with Gasteiger partial charge in [-0.2, -0.15) is 0 Å². The van der Waals surface area contributed by atoms with Crippen LogP contribution in [0, 0.1) is 5.92 Å². The van der Waals surface area contributed by atoms with Gasteiger partial charge in [-0.1, -0.05) is 33.6 Å². The van der Waals surface area contributed by atoms with Gasteiger partial charge in [-0.05, 0) is 50.6 Å². The molecule has 98 valence electrons. The van der Waals surface area contributed by atoms with E-state index in [2.05, 4.69) is 26.9 Å². The number of hydrogen-bond acceptors (Lipinski definition) is 2. The number of carbonyl (C=O) groups is 1. The Morgan fingerprint density at radius 2 is 2.11 bits per heavy atom. The molecule has 0 unspecified atom stereocenters. The standard InChI is InChI=1S/C14H17BrClNO/c1-10(18)11-4-6-17(7-5-11)9-12-2-3-13(15)8-14(12)16/h2-3,8,11H,4-7,9H2,1H3. The summed E-state index contributed by atoms with van der Waals surface area (Å²) in [6.45, 7) is 4.54. The molecule has 18 heavy (non-hydrogen) atoms. The van der Waals surface area contributed by atoms with Crippen LogP contribution in [0.25, 0.3) is 0 Å². The lowest BCUT2D eigenvalue weighted by Crippen LogP contribution is -2.35. The summed E-state index contributed by atoms with van der Waals surface area (Å²) in [7, 11) is 0. The fourth-order valence-corrected chi connectivity index (χ4v) is 3.12. The van der Waals surface area contributed by atoms with Gasteiger partial charge >= 0.3 is 0 Å². The van der Waals surface area contributed by atoms with E-state index >= 15 is 0 Å². The Bertz CT molecular complexity index is 441. The number of nitrogens with zero attached hydrogens (tertiary/aromatic N) is 1. The molecule has 4 heteroatoms. The summed E-state index contributed by atoms with van der Waals surface area (Å²) in [6.07, 6.45) is 1.95. The highest BCUT2D eigenvalue weighted by Gasteiger charge is 2.22. The molecule has 0 aliphatic carbocycles. The van der Waals surface area contributed by atoms with E-state index in [1.807, 2.05) is 12.1 Å². The highest BCUT2D eigenvalue weighted by atomic mass is 79.9. The maximum absolute atomic E-state index is 11.3. The van der Waals surface area contributed by atoms with Crippen molar-refractivity contribution in [1.29, 1.82) is 0 Å². The third-order valence-corrected chi connectivity index (χ3v) is 4.42. The molecule has 0 bridgehead atoms. The topological polar surface area (TPSA) is 20.3 Å². The van der Waals surface area contributed by atoms with Gasteiger partial charge in [0.25, 0.3) is 0 Å². The third kappa shape index (κ3) is 3.56. The van der Waals surface area contributed by atoms with Gasteiger partial charge in [0.1, 0.15) is 5.78 Å². The molecule has 0 saturated carbocycles. The first-order chi connectivity index (χ1) is 8.56. The molecule has 0 atom stereocenters. The van der Waals surface area contributed by atoms with Crippen LogP contribution in [0.15, 0.2) is 22.7 Å². The van der Waals surface area contributed by atoms with E-state index in [4.69, 9.17) is 11.6 Å². The van der Waals surface area contributed by atoms with E-state index < -0.39 is 0 Å². The average molecular weight is 331 g/mol. The lowest BCUT2D eigenvalue weighted by molar-refractivity contribution is -0.122. The zero-order chi connectivity index (χ0) is 13.1. The second-order valence-corrected chi connectivity index (χ2v) is 6.22. The third-order valence-electron chi connectivity index (χ3n) is 3.57. The summed E-state index contributed by atoms with van der Waals surface area (Å²) in [4.78, 5) is 13.7. The van der Waals surface area contributed by atoms with Crippen molar-refractivity contribution >= 4 is 33.3 Å². The minimum absolute atomic E-state index is 0.265. The summed E-state index contributed by atoms with van der Waals surface area (Å²) >= 11 is 9.63. The van der Waals surface area contributed by atoms with Crippen LogP contribution in [0.2, 0.25) is 5.02 Å². The second kappa shape index (κ2) is 6.18. The van der Waals surface area contributed by atoms with Gasteiger partial charge in [0.2, 0.25) is 0 Å². The average Bonchev–Trinajstić information content (AvgIpc) is 2.33. The molecule has 2 nitrogen and oxygen atoms in total. The highest BCUT2D eigenvalue weighted by molar-refractivity contribution is 9.10. The zero-order valence-corrected chi connectivity index (χ0v) is 12.8. The fourth-order valence-electron chi connectivity index (χ4n) is 2.39. The highest BCUT2D eigenvalue weighted by Crippen LogP contribution is 2.25. The predicted octanol–water partition coefficient (Wildman–Crippen LogP) is 3.90. The van der Waals surface area contributed by atoms with Crippen molar-refractivity contribution in [3.63, 3.8) is 0 Å². The second-order valence-electron chi connectivity index (χ2n) is 4.90. The molecule has 1 aromatic carbocycles. The van der Waals surface area contributed by atoms with Crippen molar-refractivity contribution in [1.82, 2.24) is 4.90 Å². The van der Waals surface area contributed by atoms with Crippen LogP contribution in [0.4, 0.5) is 0 Å². The number of hydrogen-bond donors (Lipinski definition) is 0. The minimum Gasteiger partial charge on any atom is -0.300 e. The Kier molecular flexibility index (Phi) is 4.82. The molecule has 0 radical (unpaired) electrons.